The Morgan fingerprint density at radius 2 is 2.12 bits per heavy atom. The molecule has 3 rings (SSSR count). The van der Waals surface area contributed by atoms with E-state index in [0.29, 0.717) is 13.2 Å². The van der Waals surface area contributed by atoms with Gasteiger partial charge in [-0.3, -0.25) is 10.2 Å². The molecule has 0 aromatic carbocycles. The smallest absolute Gasteiger partial charge is 0.237 e. The summed E-state index contributed by atoms with van der Waals surface area (Å²) in [5.74, 6) is 0.604. The molecule has 1 amide bonds. The zero-order chi connectivity index (χ0) is 17.9. The van der Waals surface area contributed by atoms with E-state index in [1.807, 2.05) is 6.92 Å². The minimum absolute atomic E-state index is 0.0851. The molecule has 3 atom stereocenters. The van der Waals surface area contributed by atoms with Crippen LogP contribution in [0.15, 0.2) is 0 Å². The van der Waals surface area contributed by atoms with E-state index in [2.05, 4.69) is 15.8 Å². The third kappa shape index (κ3) is 4.92. The number of rotatable bonds is 7. The van der Waals surface area contributed by atoms with Crippen molar-refractivity contribution in [3.63, 3.8) is 0 Å². The van der Waals surface area contributed by atoms with Crippen molar-refractivity contribution in [2.45, 2.75) is 63.6 Å². The molecule has 7 heteroatoms. The summed E-state index contributed by atoms with van der Waals surface area (Å²) in [6.45, 7) is 5.67. The molecule has 0 bridgehead atoms. The highest BCUT2D eigenvalue weighted by atomic mass is 16.5. The topological polar surface area (TPSA) is 99.8 Å². The molecule has 0 aromatic heterocycles. The van der Waals surface area contributed by atoms with Crippen LogP contribution in [0.4, 0.5) is 0 Å². The highest BCUT2D eigenvalue weighted by Crippen LogP contribution is 2.32. The highest BCUT2D eigenvalue weighted by molar-refractivity contribution is 5.81. The molecule has 3 aliphatic rings. The van der Waals surface area contributed by atoms with Crippen molar-refractivity contribution in [1.29, 1.82) is 0 Å². The summed E-state index contributed by atoms with van der Waals surface area (Å²) in [4.78, 5) is 12.3. The first-order chi connectivity index (χ1) is 12.0. The maximum absolute atomic E-state index is 12.3. The van der Waals surface area contributed by atoms with E-state index in [-0.39, 0.29) is 23.8 Å². The minimum Gasteiger partial charge on any atom is -0.392 e. The van der Waals surface area contributed by atoms with Gasteiger partial charge in [-0.05, 0) is 25.2 Å². The number of nitrogens with two attached hydrogens (primary N) is 1. The largest absolute Gasteiger partial charge is 0.392 e. The maximum atomic E-state index is 12.3. The molecule has 3 unspecified atom stereocenters. The quantitative estimate of drug-likeness (QED) is 0.513. The molecule has 2 aliphatic heterocycles. The van der Waals surface area contributed by atoms with Crippen LogP contribution in [0.5, 0.6) is 0 Å². The van der Waals surface area contributed by atoms with Crippen LogP contribution < -0.4 is 16.5 Å². The molecule has 144 valence electrons. The van der Waals surface area contributed by atoms with E-state index in [4.69, 9.17) is 10.5 Å². The molecule has 0 spiro atoms. The van der Waals surface area contributed by atoms with Crippen LogP contribution in [0.2, 0.25) is 0 Å². The summed E-state index contributed by atoms with van der Waals surface area (Å²) in [6.07, 6.45) is 6.38. The molecule has 5 N–H and O–H groups in total. The number of amides is 1. The number of carbonyl (C=O) groups excluding carboxylic acids is 1. The lowest BCUT2D eigenvalue weighted by Gasteiger charge is -2.42. The van der Waals surface area contributed by atoms with E-state index in [9.17, 15) is 9.90 Å². The summed E-state index contributed by atoms with van der Waals surface area (Å²) in [5, 5.41) is 15.5. The van der Waals surface area contributed by atoms with E-state index >= 15 is 0 Å². The van der Waals surface area contributed by atoms with E-state index < -0.39 is 12.1 Å². The lowest BCUT2D eigenvalue weighted by Crippen LogP contribution is -2.54. The Labute approximate surface area is 150 Å². The first-order valence-corrected chi connectivity index (χ1v) is 9.76. The van der Waals surface area contributed by atoms with Gasteiger partial charge < -0.3 is 20.9 Å². The Balaban J connectivity index is 1.37. The zero-order valence-corrected chi connectivity index (χ0v) is 15.4. The van der Waals surface area contributed by atoms with E-state index in [1.54, 1.807) is 0 Å². The lowest BCUT2D eigenvalue weighted by molar-refractivity contribution is -0.164. The summed E-state index contributed by atoms with van der Waals surface area (Å²) in [7, 11) is 0. The number of nitrogens with zero attached hydrogens (tertiary/aromatic N) is 1. The monoisotopic (exact) mass is 354 g/mol. The Bertz CT molecular complexity index is 452. The molecule has 0 radical (unpaired) electrons. The van der Waals surface area contributed by atoms with Crippen LogP contribution in [0.25, 0.3) is 0 Å². The Kier molecular flexibility index (Phi) is 6.33. The van der Waals surface area contributed by atoms with Crippen LogP contribution >= 0.6 is 0 Å². The number of aliphatic hydroxyl groups excluding tert-OH is 1. The predicted octanol–water partition coefficient (Wildman–Crippen LogP) is -0.0135. The average Bonchev–Trinajstić information content (AvgIpc) is 3.00. The van der Waals surface area contributed by atoms with Gasteiger partial charge in [0, 0.05) is 25.0 Å². The van der Waals surface area contributed by atoms with Crippen LogP contribution in [0.3, 0.4) is 0 Å². The molecule has 2 heterocycles. The Morgan fingerprint density at radius 3 is 2.76 bits per heavy atom. The number of hydrogen-bond acceptors (Lipinski definition) is 6. The Hall–Kier alpha value is -0.730. The zero-order valence-electron chi connectivity index (χ0n) is 15.4. The van der Waals surface area contributed by atoms with Gasteiger partial charge in [0.1, 0.15) is 0 Å². The minimum atomic E-state index is -0.681. The fraction of sp³-hybridized carbons (Fsp3) is 0.944. The van der Waals surface area contributed by atoms with Crippen molar-refractivity contribution >= 4 is 5.91 Å². The van der Waals surface area contributed by atoms with Gasteiger partial charge in [0.2, 0.25) is 5.91 Å². The van der Waals surface area contributed by atoms with E-state index in [0.717, 1.165) is 25.6 Å². The van der Waals surface area contributed by atoms with Gasteiger partial charge in [0.05, 0.1) is 31.4 Å². The molecule has 2 saturated heterocycles. The SMILES string of the molecule is CC1(C(O)CC(N)C(=O)NC2CNN(CC3CCCCC3)C2)COC1. The second-order valence-electron chi connectivity index (χ2n) is 8.48. The first kappa shape index (κ1) is 19.0. The number of nitrogens with one attached hydrogen (secondary N) is 2. The van der Waals surface area contributed by atoms with Gasteiger partial charge >= 0.3 is 0 Å². The van der Waals surface area contributed by atoms with Crippen molar-refractivity contribution in [2.75, 3.05) is 32.8 Å². The van der Waals surface area contributed by atoms with Gasteiger partial charge in [-0.1, -0.05) is 26.2 Å². The fourth-order valence-electron chi connectivity index (χ4n) is 4.11. The van der Waals surface area contributed by atoms with Gasteiger partial charge in [-0.2, -0.15) is 0 Å². The van der Waals surface area contributed by atoms with Crippen LogP contribution in [0, 0.1) is 11.3 Å². The third-order valence-electron chi connectivity index (χ3n) is 6.03. The number of ether oxygens (including phenoxy) is 1. The van der Waals surface area contributed by atoms with Gasteiger partial charge in [0.25, 0.3) is 0 Å². The lowest BCUT2D eigenvalue weighted by atomic mass is 9.79. The molecule has 0 aromatic rings. The van der Waals surface area contributed by atoms with Crippen LogP contribution in [-0.4, -0.2) is 67.1 Å². The van der Waals surface area contributed by atoms with Gasteiger partial charge in [-0.15, -0.1) is 0 Å². The summed E-state index contributed by atoms with van der Waals surface area (Å²) >= 11 is 0. The fourth-order valence-corrected chi connectivity index (χ4v) is 4.11. The van der Waals surface area contributed by atoms with Crippen molar-refractivity contribution < 1.29 is 14.6 Å². The second kappa shape index (κ2) is 8.31. The van der Waals surface area contributed by atoms with Crippen molar-refractivity contribution in [2.24, 2.45) is 17.1 Å². The van der Waals surface area contributed by atoms with Crippen molar-refractivity contribution in [1.82, 2.24) is 15.8 Å². The van der Waals surface area contributed by atoms with Crippen LogP contribution in [0.1, 0.15) is 45.4 Å². The second-order valence-corrected chi connectivity index (χ2v) is 8.48. The molecule has 3 fully saturated rings. The molecule has 1 aliphatic carbocycles. The van der Waals surface area contributed by atoms with E-state index in [1.165, 1.54) is 32.1 Å². The van der Waals surface area contributed by atoms with Gasteiger partial charge in [0.15, 0.2) is 0 Å². The summed E-state index contributed by atoms with van der Waals surface area (Å²) < 4.78 is 5.17. The van der Waals surface area contributed by atoms with Crippen molar-refractivity contribution in [3.8, 4) is 0 Å². The maximum Gasteiger partial charge on any atom is 0.237 e. The number of aliphatic hydroxyl groups is 1. The standard InChI is InChI=1S/C18H34N4O3/c1-18(11-25-12-18)16(23)7-15(19)17(24)21-14-8-20-22(10-14)9-13-5-3-2-4-6-13/h13-16,20,23H,2-12,19H2,1H3,(H,21,24). The number of hydrazine groups is 1. The van der Waals surface area contributed by atoms with Crippen LogP contribution in [-0.2, 0) is 9.53 Å². The molecule has 25 heavy (non-hydrogen) atoms. The number of carbonyl (C=O) groups is 1. The summed E-state index contributed by atoms with van der Waals surface area (Å²) in [6, 6.07) is -0.596. The molecular weight excluding hydrogens is 320 g/mol. The van der Waals surface area contributed by atoms with Crippen molar-refractivity contribution in [3.05, 3.63) is 0 Å². The molecule has 7 nitrogen and oxygen atoms in total. The molecule has 1 saturated carbocycles. The van der Waals surface area contributed by atoms with Gasteiger partial charge in [-0.25, -0.2) is 5.01 Å². The third-order valence-corrected chi connectivity index (χ3v) is 6.03. The molecular formula is C18H34N4O3. The predicted molar refractivity (Wildman–Crippen MR) is 95.6 cm³/mol. The average molecular weight is 354 g/mol. The normalized spacial score (nSPS) is 29.8. The summed E-state index contributed by atoms with van der Waals surface area (Å²) in [5.41, 5.74) is 9.14. The number of hydrogen-bond donors (Lipinski definition) is 4. The Morgan fingerprint density at radius 1 is 1.40 bits per heavy atom. The highest BCUT2D eigenvalue weighted by Gasteiger charge is 2.41. The first-order valence-electron chi connectivity index (χ1n) is 9.76.